The van der Waals surface area contributed by atoms with Gasteiger partial charge in [0.15, 0.2) is 0 Å². The number of morpholine rings is 1. The summed E-state index contributed by atoms with van der Waals surface area (Å²) in [4.78, 5) is 14.8. The smallest absolute Gasteiger partial charge is 0.254 e. The van der Waals surface area contributed by atoms with Crippen LogP contribution < -0.4 is 0 Å². The second-order valence-corrected chi connectivity index (χ2v) is 7.53. The van der Waals surface area contributed by atoms with E-state index < -0.39 is 0 Å². The van der Waals surface area contributed by atoms with Gasteiger partial charge < -0.3 is 9.64 Å². The van der Waals surface area contributed by atoms with Crippen LogP contribution in [0.5, 0.6) is 0 Å². The molecule has 0 bridgehead atoms. The van der Waals surface area contributed by atoms with E-state index in [0.717, 1.165) is 35.7 Å². The average Bonchev–Trinajstić information content (AvgIpc) is 3.23. The lowest BCUT2D eigenvalue weighted by Gasteiger charge is -2.35. The van der Waals surface area contributed by atoms with Gasteiger partial charge >= 0.3 is 0 Å². The molecule has 0 spiro atoms. The van der Waals surface area contributed by atoms with E-state index in [9.17, 15) is 4.79 Å². The van der Waals surface area contributed by atoms with Gasteiger partial charge in [-0.25, -0.2) is 0 Å². The van der Waals surface area contributed by atoms with Gasteiger partial charge in [-0.2, -0.15) is 5.10 Å². The van der Waals surface area contributed by atoms with E-state index in [4.69, 9.17) is 4.74 Å². The first kappa shape index (κ1) is 17.3. The second kappa shape index (κ2) is 8.04. The van der Waals surface area contributed by atoms with E-state index in [0.29, 0.717) is 13.2 Å². The monoisotopic (exact) mass is 353 g/mol. The third-order valence-corrected chi connectivity index (χ3v) is 5.69. The van der Waals surface area contributed by atoms with Crippen molar-refractivity contribution in [2.45, 2.75) is 44.6 Å². The highest BCUT2D eigenvalue weighted by atomic mass is 16.5. The number of hydrogen-bond acceptors (Lipinski definition) is 3. The molecule has 0 radical (unpaired) electrons. The quantitative estimate of drug-likeness (QED) is 0.907. The predicted octanol–water partition coefficient (Wildman–Crippen LogP) is 3.89. The van der Waals surface area contributed by atoms with Crippen molar-refractivity contribution < 1.29 is 9.53 Å². The van der Waals surface area contributed by atoms with Crippen molar-refractivity contribution in [2.75, 3.05) is 19.7 Å². The van der Waals surface area contributed by atoms with Crippen LogP contribution in [0.1, 0.15) is 48.9 Å². The van der Waals surface area contributed by atoms with Gasteiger partial charge in [0.25, 0.3) is 5.91 Å². The number of aromatic amines is 1. The Morgan fingerprint density at radius 1 is 1.15 bits per heavy atom. The zero-order chi connectivity index (χ0) is 17.8. The lowest BCUT2D eigenvalue weighted by Crippen LogP contribution is -2.46. The van der Waals surface area contributed by atoms with Crippen LogP contribution in [0.4, 0.5) is 0 Å². The minimum absolute atomic E-state index is 0.109. The number of amides is 1. The number of hydrogen-bond donors (Lipinski definition) is 1. The molecule has 1 aliphatic carbocycles. The van der Waals surface area contributed by atoms with E-state index in [2.05, 4.69) is 10.2 Å². The molecule has 1 atom stereocenters. The summed E-state index contributed by atoms with van der Waals surface area (Å²) in [6.07, 6.45) is 9.75. The molecule has 5 nitrogen and oxygen atoms in total. The molecule has 2 heterocycles. The molecule has 26 heavy (non-hydrogen) atoms. The molecular formula is C21H27N3O2. The number of carbonyl (C=O) groups excluding carboxylic acids is 1. The van der Waals surface area contributed by atoms with Crippen LogP contribution in [-0.2, 0) is 4.74 Å². The van der Waals surface area contributed by atoms with Crippen molar-refractivity contribution in [1.29, 1.82) is 0 Å². The first-order valence-electron chi connectivity index (χ1n) is 9.80. The molecular weight excluding hydrogens is 326 g/mol. The molecule has 1 amide bonds. The summed E-state index contributed by atoms with van der Waals surface area (Å²) in [7, 11) is 0. The van der Waals surface area contributed by atoms with E-state index in [1.165, 1.54) is 32.1 Å². The fraction of sp³-hybridized carbons (Fsp3) is 0.524. The Hall–Kier alpha value is -2.14. The number of aromatic nitrogens is 2. The molecule has 1 N–H and O–H groups in total. The van der Waals surface area contributed by atoms with Crippen molar-refractivity contribution in [3.63, 3.8) is 0 Å². The van der Waals surface area contributed by atoms with Crippen LogP contribution in [0.15, 0.2) is 36.5 Å². The Morgan fingerprint density at radius 2 is 1.96 bits per heavy atom. The Morgan fingerprint density at radius 3 is 2.69 bits per heavy atom. The first-order chi connectivity index (χ1) is 12.8. The minimum Gasteiger partial charge on any atom is -0.375 e. The predicted molar refractivity (Wildman–Crippen MR) is 101 cm³/mol. The Kier molecular flexibility index (Phi) is 5.34. The van der Waals surface area contributed by atoms with Crippen molar-refractivity contribution in [3.05, 3.63) is 42.1 Å². The molecule has 5 heteroatoms. The van der Waals surface area contributed by atoms with Crippen molar-refractivity contribution in [3.8, 4) is 11.3 Å². The zero-order valence-electron chi connectivity index (χ0n) is 15.2. The van der Waals surface area contributed by atoms with Crippen LogP contribution >= 0.6 is 0 Å². The molecule has 1 aliphatic heterocycles. The van der Waals surface area contributed by atoms with E-state index in [1.807, 2.05) is 35.2 Å². The summed E-state index contributed by atoms with van der Waals surface area (Å²) in [6, 6.07) is 9.68. The van der Waals surface area contributed by atoms with Crippen molar-refractivity contribution in [1.82, 2.24) is 15.1 Å². The van der Waals surface area contributed by atoms with Crippen LogP contribution in [0.25, 0.3) is 11.3 Å². The summed E-state index contributed by atoms with van der Waals surface area (Å²) in [6.45, 7) is 2.05. The molecule has 2 aliphatic rings. The maximum Gasteiger partial charge on any atom is 0.254 e. The van der Waals surface area contributed by atoms with Crippen LogP contribution in [-0.4, -0.2) is 46.8 Å². The van der Waals surface area contributed by atoms with Crippen LogP contribution in [0.3, 0.4) is 0 Å². The summed E-state index contributed by atoms with van der Waals surface area (Å²) in [5.74, 6) is 0.885. The topological polar surface area (TPSA) is 58.2 Å². The third-order valence-electron chi connectivity index (χ3n) is 5.69. The third kappa shape index (κ3) is 3.98. The molecule has 1 saturated carbocycles. The fourth-order valence-electron chi connectivity index (χ4n) is 4.23. The van der Waals surface area contributed by atoms with Gasteiger partial charge in [0.1, 0.15) is 0 Å². The van der Waals surface area contributed by atoms with Gasteiger partial charge in [0.2, 0.25) is 0 Å². The van der Waals surface area contributed by atoms with Crippen molar-refractivity contribution in [2.24, 2.45) is 5.92 Å². The van der Waals surface area contributed by atoms with Crippen LogP contribution in [0, 0.1) is 5.92 Å². The van der Waals surface area contributed by atoms with E-state index >= 15 is 0 Å². The largest absolute Gasteiger partial charge is 0.375 e. The number of H-pyrrole nitrogens is 1. The lowest BCUT2D eigenvalue weighted by atomic mass is 9.85. The average molecular weight is 353 g/mol. The summed E-state index contributed by atoms with van der Waals surface area (Å²) in [5, 5.41) is 6.92. The molecule has 1 aromatic heterocycles. The lowest BCUT2D eigenvalue weighted by molar-refractivity contribution is -0.0337. The highest BCUT2D eigenvalue weighted by molar-refractivity contribution is 5.94. The van der Waals surface area contributed by atoms with Gasteiger partial charge in [0, 0.05) is 24.8 Å². The summed E-state index contributed by atoms with van der Waals surface area (Å²) < 4.78 is 5.96. The van der Waals surface area contributed by atoms with Gasteiger partial charge in [-0.05, 0) is 36.1 Å². The molecule has 4 rings (SSSR count). The normalized spacial score (nSPS) is 21.7. The SMILES string of the molecule is O=C(c1ccc(-c2ccn[nH]2)cc1)N1CCO[C@H](CC2CCCCC2)C1. The molecule has 2 aromatic rings. The van der Waals surface area contributed by atoms with Gasteiger partial charge in [-0.3, -0.25) is 9.89 Å². The molecule has 0 unspecified atom stereocenters. The fourth-order valence-corrected chi connectivity index (χ4v) is 4.23. The van der Waals surface area contributed by atoms with Gasteiger partial charge in [0.05, 0.1) is 18.4 Å². The van der Waals surface area contributed by atoms with E-state index in [1.54, 1.807) is 6.20 Å². The molecule has 2 fully saturated rings. The Labute approximate surface area is 154 Å². The van der Waals surface area contributed by atoms with Gasteiger partial charge in [-0.15, -0.1) is 0 Å². The number of carbonyl (C=O) groups is 1. The maximum atomic E-state index is 12.9. The molecule has 138 valence electrons. The second-order valence-electron chi connectivity index (χ2n) is 7.53. The minimum atomic E-state index is 0.109. The Balaban J connectivity index is 1.37. The Bertz CT molecular complexity index is 705. The number of benzene rings is 1. The molecule has 1 saturated heterocycles. The maximum absolute atomic E-state index is 12.9. The highest BCUT2D eigenvalue weighted by Gasteiger charge is 2.27. The van der Waals surface area contributed by atoms with Crippen molar-refractivity contribution >= 4 is 5.91 Å². The standard InChI is InChI=1S/C21H27N3O2/c25-21(18-8-6-17(7-9-18)20-10-11-22-23-20)24-12-13-26-19(15-24)14-16-4-2-1-3-5-16/h6-11,16,19H,1-5,12-15H2,(H,22,23)/t19-/m1/s1. The zero-order valence-corrected chi connectivity index (χ0v) is 15.2. The number of rotatable bonds is 4. The number of nitrogens with zero attached hydrogens (tertiary/aromatic N) is 2. The van der Waals surface area contributed by atoms with E-state index in [-0.39, 0.29) is 12.0 Å². The van der Waals surface area contributed by atoms with Gasteiger partial charge in [-0.1, -0.05) is 44.2 Å². The first-order valence-corrected chi connectivity index (χ1v) is 9.80. The molecule has 1 aromatic carbocycles. The summed E-state index contributed by atoms with van der Waals surface area (Å²) >= 11 is 0. The van der Waals surface area contributed by atoms with Crippen LogP contribution in [0.2, 0.25) is 0 Å². The highest BCUT2D eigenvalue weighted by Crippen LogP contribution is 2.29. The number of ether oxygens (including phenoxy) is 1. The summed E-state index contributed by atoms with van der Waals surface area (Å²) in [5.41, 5.74) is 2.74. The number of nitrogens with one attached hydrogen (secondary N) is 1.